The van der Waals surface area contributed by atoms with Gasteiger partial charge in [0.2, 0.25) is 0 Å². The van der Waals surface area contributed by atoms with E-state index in [4.69, 9.17) is 4.74 Å². The number of ether oxygens (including phenoxy) is 1. The number of hydrogen-bond donors (Lipinski definition) is 1. The third-order valence-electron chi connectivity index (χ3n) is 3.78. The van der Waals surface area contributed by atoms with Gasteiger partial charge in [0.1, 0.15) is 18.5 Å². The molecule has 0 fully saturated rings. The molecule has 124 valence electrons. The summed E-state index contributed by atoms with van der Waals surface area (Å²) in [6.07, 6.45) is 0.811. The van der Waals surface area contributed by atoms with Crippen LogP contribution in [0.5, 0.6) is 5.75 Å². The Morgan fingerprint density at radius 3 is 2.62 bits per heavy atom. The monoisotopic (exact) mass is 324 g/mol. The van der Waals surface area contributed by atoms with Gasteiger partial charge in [-0.05, 0) is 43.2 Å². The first-order chi connectivity index (χ1) is 11.5. The van der Waals surface area contributed by atoms with E-state index >= 15 is 0 Å². The molecule has 3 aromatic rings. The number of benzene rings is 2. The van der Waals surface area contributed by atoms with Gasteiger partial charge < -0.3 is 9.84 Å². The average molecular weight is 324 g/mol. The summed E-state index contributed by atoms with van der Waals surface area (Å²) in [5, 5.41) is 15.7. The molecule has 3 rings (SSSR count). The minimum atomic E-state index is -0.822. The highest BCUT2D eigenvalue weighted by atomic mass is 16.5. The lowest BCUT2D eigenvalue weighted by Gasteiger charge is -2.14. The molecule has 0 aliphatic heterocycles. The van der Waals surface area contributed by atoms with Crippen LogP contribution in [-0.2, 0) is 6.54 Å². The Bertz CT molecular complexity index is 898. The van der Waals surface area contributed by atoms with E-state index in [9.17, 15) is 9.90 Å². The first-order valence-electron chi connectivity index (χ1n) is 7.87. The second-order valence-corrected chi connectivity index (χ2v) is 6.01. The summed E-state index contributed by atoms with van der Waals surface area (Å²) in [5.74, 6) is 0.713. The minimum absolute atomic E-state index is 0.0917. The number of aromatic nitrogens is 2. The van der Waals surface area contributed by atoms with Crippen molar-refractivity contribution in [3.8, 4) is 5.75 Å². The highest BCUT2D eigenvalue weighted by Crippen LogP contribution is 2.16. The van der Waals surface area contributed by atoms with Gasteiger partial charge in [-0.15, -0.1) is 0 Å². The summed E-state index contributed by atoms with van der Waals surface area (Å²) in [6.45, 7) is 4.18. The molecule has 5 heteroatoms. The minimum Gasteiger partial charge on any atom is -0.491 e. The molecule has 0 amide bonds. The fourth-order valence-corrected chi connectivity index (χ4v) is 2.72. The fourth-order valence-electron chi connectivity index (χ4n) is 2.72. The predicted octanol–water partition coefficient (Wildman–Crippen LogP) is 2.45. The molecule has 0 saturated carbocycles. The van der Waals surface area contributed by atoms with Gasteiger partial charge in [-0.25, -0.2) is 4.68 Å². The highest BCUT2D eigenvalue weighted by molar-refractivity contribution is 5.80. The average Bonchev–Trinajstić information content (AvgIpc) is 2.55. The van der Waals surface area contributed by atoms with Gasteiger partial charge in [0.05, 0.1) is 18.1 Å². The Morgan fingerprint density at radius 1 is 1.17 bits per heavy atom. The second-order valence-electron chi connectivity index (χ2n) is 6.01. The third kappa shape index (κ3) is 3.63. The van der Waals surface area contributed by atoms with Crippen LogP contribution in [0.15, 0.2) is 53.5 Å². The summed E-state index contributed by atoms with van der Waals surface area (Å²) in [4.78, 5) is 12.4. The zero-order chi connectivity index (χ0) is 17.1. The van der Waals surface area contributed by atoms with Gasteiger partial charge in [-0.3, -0.25) is 4.79 Å². The molecular formula is C19H20N2O3. The van der Waals surface area contributed by atoms with E-state index in [1.165, 1.54) is 4.68 Å². The number of aryl methyl sites for hydroxylation is 2. The van der Waals surface area contributed by atoms with Crippen LogP contribution in [-0.4, -0.2) is 27.6 Å². The van der Waals surface area contributed by atoms with Crippen molar-refractivity contribution in [2.75, 3.05) is 6.61 Å². The van der Waals surface area contributed by atoms with Crippen molar-refractivity contribution >= 4 is 10.8 Å². The van der Waals surface area contributed by atoms with Gasteiger partial charge in [0.25, 0.3) is 5.56 Å². The zero-order valence-corrected chi connectivity index (χ0v) is 13.8. The van der Waals surface area contributed by atoms with E-state index in [0.717, 1.165) is 16.5 Å². The summed E-state index contributed by atoms with van der Waals surface area (Å²) in [5.41, 5.74) is 2.00. The van der Waals surface area contributed by atoms with Crippen molar-refractivity contribution in [3.63, 3.8) is 0 Å². The zero-order valence-electron chi connectivity index (χ0n) is 13.8. The van der Waals surface area contributed by atoms with Crippen molar-refractivity contribution in [2.24, 2.45) is 0 Å². The van der Waals surface area contributed by atoms with Crippen LogP contribution in [0.1, 0.15) is 11.1 Å². The summed E-state index contributed by atoms with van der Waals surface area (Å²) in [7, 11) is 0. The molecule has 1 aromatic heterocycles. The Hall–Kier alpha value is -2.66. The van der Waals surface area contributed by atoms with Crippen LogP contribution < -0.4 is 10.3 Å². The van der Waals surface area contributed by atoms with Crippen LogP contribution in [0.2, 0.25) is 0 Å². The molecule has 2 aromatic carbocycles. The lowest BCUT2D eigenvalue weighted by Crippen LogP contribution is -2.31. The molecule has 5 nitrogen and oxygen atoms in total. The molecule has 1 atom stereocenters. The molecule has 24 heavy (non-hydrogen) atoms. The Balaban J connectivity index is 1.70. The number of nitrogens with zero attached hydrogens (tertiary/aromatic N) is 2. The number of hydrogen-bond acceptors (Lipinski definition) is 4. The maximum Gasteiger partial charge on any atom is 0.274 e. The summed E-state index contributed by atoms with van der Waals surface area (Å²) in [6, 6.07) is 13.2. The number of aliphatic hydroxyl groups is 1. The van der Waals surface area contributed by atoms with Crippen molar-refractivity contribution in [2.45, 2.75) is 26.5 Å². The lowest BCUT2D eigenvalue weighted by molar-refractivity contribution is 0.0881. The molecule has 0 spiro atoms. The van der Waals surface area contributed by atoms with Crippen molar-refractivity contribution < 1.29 is 9.84 Å². The van der Waals surface area contributed by atoms with Gasteiger partial charge in [0, 0.05) is 5.39 Å². The lowest BCUT2D eigenvalue weighted by atomic mass is 10.1. The molecular weight excluding hydrogens is 304 g/mol. The van der Waals surface area contributed by atoms with E-state index in [1.54, 1.807) is 12.3 Å². The maximum atomic E-state index is 12.4. The largest absolute Gasteiger partial charge is 0.491 e. The van der Waals surface area contributed by atoms with Crippen molar-refractivity contribution in [1.82, 2.24) is 9.78 Å². The van der Waals surface area contributed by atoms with E-state index < -0.39 is 6.10 Å². The highest BCUT2D eigenvalue weighted by Gasteiger charge is 2.11. The van der Waals surface area contributed by atoms with Gasteiger partial charge in [-0.1, -0.05) is 24.3 Å². The molecule has 1 heterocycles. The van der Waals surface area contributed by atoms with E-state index in [1.807, 2.05) is 44.2 Å². The Kier molecular flexibility index (Phi) is 4.62. The number of aliphatic hydroxyl groups excluding tert-OH is 1. The number of fused-ring (bicyclic) bond motifs is 1. The van der Waals surface area contributed by atoms with Crippen molar-refractivity contribution in [1.29, 1.82) is 0 Å². The van der Waals surface area contributed by atoms with Crippen LogP contribution in [0, 0.1) is 13.8 Å². The second kappa shape index (κ2) is 6.84. The quantitative estimate of drug-likeness (QED) is 0.783. The molecule has 0 saturated heterocycles. The number of rotatable bonds is 5. The van der Waals surface area contributed by atoms with E-state index in [0.29, 0.717) is 11.1 Å². The van der Waals surface area contributed by atoms with Crippen LogP contribution >= 0.6 is 0 Å². The normalized spacial score (nSPS) is 12.3. The third-order valence-corrected chi connectivity index (χ3v) is 3.78. The van der Waals surface area contributed by atoms with Gasteiger partial charge in [-0.2, -0.15) is 5.10 Å². The topological polar surface area (TPSA) is 64.3 Å². The first kappa shape index (κ1) is 16.2. The summed E-state index contributed by atoms with van der Waals surface area (Å²) >= 11 is 0. The van der Waals surface area contributed by atoms with Gasteiger partial charge >= 0.3 is 0 Å². The maximum absolute atomic E-state index is 12.4. The van der Waals surface area contributed by atoms with E-state index in [2.05, 4.69) is 11.2 Å². The van der Waals surface area contributed by atoms with Gasteiger partial charge in [0.15, 0.2) is 0 Å². The van der Waals surface area contributed by atoms with Crippen LogP contribution in [0.4, 0.5) is 0 Å². The smallest absolute Gasteiger partial charge is 0.274 e. The van der Waals surface area contributed by atoms with Crippen molar-refractivity contribution in [3.05, 3.63) is 70.1 Å². The van der Waals surface area contributed by atoms with Crippen LogP contribution in [0.25, 0.3) is 10.8 Å². The Morgan fingerprint density at radius 2 is 1.88 bits per heavy atom. The Labute approximate surface area is 140 Å². The van der Waals surface area contributed by atoms with E-state index in [-0.39, 0.29) is 18.7 Å². The van der Waals surface area contributed by atoms with Crippen LogP contribution in [0.3, 0.4) is 0 Å². The first-order valence-corrected chi connectivity index (χ1v) is 7.87. The molecule has 0 radical (unpaired) electrons. The molecule has 0 unspecified atom stereocenters. The standard InChI is InChI=1S/C19H20N2O3/c1-13-7-14(2)9-17(8-13)24-12-16(22)11-21-19(23)18-6-4-3-5-15(18)10-20-21/h3-10,16,22H,11-12H2,1-2H3/t16-/m1/s1. The molecule has 0 aliphatic carbocycles. The summed E-state index contributed by atoms with van der Waals surface area (Å²) < 4.78 is 6.91. The SMILES string of the molecule is Cc1cc(C)cc(OC[C@H](O)Cn2ncc3ccccc3c2=O)c1. The molecule has 0 aliphatic rings. The fraction of sp³-hybridized carbons (Fsp3) is 0.263. The molecule has 1 N–H and O–H groups in total. The predicted molar refractivity (Wildman–Crippen MR) is 93.4 cm³/mol. The molecule has 0 bridgehead atoms.